The molecule has 1 atom stereocenters. The first-order valence-corrected chi connectivity index (χ1v) is 5.51. The van der Waals surface area contributed by atoms with Gasteiger partial charge in [-0.3, -0.25) is 4.79 Å². The van der Waals surface area contributed by atoms with Crippen LogP contribution in [0.5, 0.6) is 5.75 Å². The second kappa shape index (κ2) is 4.56. The van der Waals surface area contributed by atoms with Crippen LogP contribution in [0.3, 0.4) is 0 Å². The fraction of sp³-hybridized carbons (Fsp3) is 0.462. The van der Waals surface area contributed by atoms with Crippen LogP contribution in [0.2, 0.25) is 0 Å². The molecule has 1 aromatic rings. The Hall–Kier alpha value is -1.51. The highest BCUT2D eigenvalue weighted by molar-refractivity contribution is 5.79. The van der Waals surface area contributed by atoms with Gasteiger partial charge in [0.25, 0.3) is 0 Å². The number of esters is 1. The Bertz CT molecular complexity index is 398. The van der Waals surface area contributed by atoms with Crippen molar-refractivity contribution in [3.05, 3.63) is 29.3 Å². The van der Waals surface area contributed by atoms with Gasteiger partial charge >= 0.3 is 5.97 Å². The third kappa shape index (κ3) is 1.77. The standard InChI is InChI=1S/C13H16O3/c1-15-12-8-4-5-9-10(12)6-3-7-11(9)13(14)16-2/h4-5,8,11H,3,6-7H2,1-2H3/t11-/m1/s1. The molecular formula is C13H16O3. The van der Waals surface area contributed by atoms with E-state index in [-0.39, 0.29) is 11.9 Å². The fourth-order valence-corrected chi connectivity index (χ4v) is 2.39. The zero-order valence-corrected chi connectivity index (χ0v) is 9.66. The third-order valence-corrected chi connectivity index (χ3v) is 3.17. The van der Waals surface area contributed by atoms with Crippen LogP contribution in [0.25, 0.3) is 0 Å². The van der Waals surface area contributed by atoms with E-state index in [9.17, 15) is 4.79 Å². The molecule has 16 heavy (non-hydrogen) atoms. The summed E-state index contributed by atoms with van der Waals surface area (Å²) in [5.74, 6) is 0.615. The van der Waals surface area contributed by atoms with E-state index in [1.54, 1.807) is 7.11 Å². The van der Waals surface area contributed by atoms with E-state index in [1.165, 1.54) is 7.11 Å². The molecule has 1 aromatic carbocycles. The van der Waals surface area contributed by atoms with E-state index in [4.69, 9.17) is 9.47 Å². The van der Waals surface area contributed by atoms with Crippen molar-refractivity contribution in [3.63, 3.8) is 0 Å². The van der Waals surface area contributed by atoms with Gasteiger partial charge in [-0.05, 0) is 36.5 Å². The first kappa shape index (κ1) is 11.0. The maximum atomic E-state index is 11.7. The Kier molecular flexibility index (Phi) is 3.13. The second-order valence-corrected chi connectivity index (χ2v) is 4.00. The van der Waals surface area contributed by atoms with E-state index in [2.05, 4.69) is 0 Å². The largest absolute Gasteiger partial charge is 0.496 e. The number of ether oxygens (including phenoxy) is 2. The summed E-state index contributed by atoms with van der Waals surface area (Å²) < 4.78 is 10.2. The number of carbonyl (C=O) groups excluding carboxylic acids is 1. The van der Waals surface area contributed by atoms with Crippen LogP contribution in [0.4, 0.5) is 0 Å². The predicted molar refractivity (Wildman–Crippen MR) is 60.7 cm³/mol. The van der Waals surface area contributed by atoms with Crippen LogP contribution in [0, 0.1) is 0 Å². The molecule has 0 amide bonds. The van der Waals surface area contributed by atoms with Gasteiger partial charge < -0.3 is 9.47 Å². The zero-order valence-electron chi connectivity index (χ0n) is 9.66. The lowest BCUT2D eigenvalue weighted by molar-refractivity contribution is -0.142. The van der Waals surface area contributed by atoms with Crippen molar-refractivity contribution in [3.8, 4) is 5.75 Å². The minimum absolute atomic E-state index is 0.121. The molecule has 0 heterocycles. The van der Waals surface area contributed by atoms with Gasteiger partial charge in [-0.15, -0.1) is 0 Å². The van der Waals surface area contributed by atoms with Crippen LogP contribution >= 0.6 is 0 Å². The molecule has 0 saturated carbocycles. The normalized spacial score (nSPS) is 18.8. The van der Waals surface area contributed by atoms with E-state index >= 15 is 0 Å². The highest BCUT2D eigenvalue weighted by Gasteiger charge is 2.28. The molecular weight excluding hydrogens is 204 g/mol. The van der Waals surface area contributed by atoms with Gasteiger partial charge in [-0.1, -0.05) is 12.1 Å². The molecule has 0 spiro atoms. The minimum Gasteiger partial charge on any atom is -0.496 e. The molecule has 0 unspecified atom stereocenters. The molecule has 86 valence electrons. The number of methoxy groups -OCH3 is 2. The number of fused-ring (bicyclic) bond motifs is 1. The van der Waals surface area contributed by atoms with Crippen LogP contribution in [0.1, 0.15) is 29.9 Å². The first-order valence-electron chi connectivity index (χ1n) is 5.51. The van der Waals surface area contributed by atoms with Crippen LogP contribution in [0.15, 0.2) is 18.2 Å². The van der Waals surface area contributed by atoms with Crippen molar-refractivity contribution in [2.24, 2.45) is 0 Å². The summed E-state index contributed by atoms with van der Waals surface area (Å²) in [5, 5.41) is 0. The molecule has 1 aliphatic rings. The van der Waals surface area contributed by atoms with Crippen molar-refractivity contribution in [1.29, 1.82) is 0 Å². The third-order valence-electron chi connectivity index (χ3n) is 3.17. The summed E-state index contributed by atoms with van der Waals surface area (Å²) >= 11 is 0. The van der Waals surface area contributed by atoms with Gasteiger partial charge in [0, 0.05) is 0 Å². The Morgan fingerprint density at radius 2 is 2.19 bits per heavy atom. The molecule has 0 radical (unpaired) electrons. The van der Waals surface area contributed by atoms with Crippen molar-refractivity contribution in [1.82, 2.24) is 0 Å². The molecule has 0 aliphatic heterocycles. The lowest BCUT2D eigenvalue weighted by atomic mass is 9.82. The maximum absolute atomic E-state index is 11.7. The summed E-state index contributed by atoms with van der Waals surface area (Å²) in [4.78, 5) is 11.7. The van der Waals surface area contributed by atoms with Crippen LogP contribution < -0.4 is 4.74 Å². The molecule has 3 heteroatoms. The number of hydrogen-bond acceptors (Lipinski definition) is 3. The Morgan fingerprint density at radius 3 is 2.88 bits per heavy atom. The van der Waals surface area contributed by atoms with Gasteiger partial charge in [0.15, 0.2) is 0 Å². The second-order valence-electron chi connectivity index (χ2n) is 4.00. The van der Waals surface area contributed by atoms with Crippen molar-refractivity contribution in [2.45, 2.75) is 25.2 Å². The number of rotatable bonds is 2. The average Bonchev–Trinajstić information content (AvgIpc) is 2.36. The summed E-state index contributed by atoms with van der Waals surface area (Å²) in [6.07, 6.45) is 2.85. The highest BCUT2D eigenvalue weighted by atomic mass is 16.5. The number of carbonyl (C=O) groups is 1. The Balaban J connectivity index is 2.43. The van der Waals surface area contributed by atoms with Gasteiger partial charge in [-0.2, -0.15) is 0 Å². The molecule has 3 nitrogen and oxygen atoms in total. The molecule has 0 bridgehead atoms. The quantitative estimate of drug-likeness (QED) is 0.717. The molecule has 1 aliphatic carbocycles. The maximum Gasteiger partial charge on any atom is 0.313 e. The fourth-order valence-electron chi connectivity index (χ4n) is 2.39. The molecule has 0 fully saturated rings. The summed E-state index contributed by atoms with van der Waals surface area (Å²) in [7, 11) is 3.11. The van der Waals surface area contributed by atoms with Crippen molar-refractivity contribution >= 4 is 5.97 Å². The summed E-state index contributed by atoms with van der Waals surface area (Å²) in [5.41, 5.74) is 2.23. The highest BCUT2D eigenvalue weighted by Crippen LogP contribution is 2.37. The molecule has 2 rings (SSSR count). The smallest absolute Gasteiger partial charge is 0.313 e. The van der Waals surface area contributed by atoms with Gasteiger partial charge in [0.2, 0.25) is 0 Å². The van der Waals surface area contributed by atoms with Crippen LogP contribution in [-0.2, 0) is 16.0 Å². The van der Waals surface area contributed by atoms with Crippen molar-refractivity contribution < 1.29 is 14.3 Å². The SMILES string of the molecule is COC(=O)[C@@H]1CCCc2c(OC)cccc21. The number of hydrogen-bond donors (Lipinski definition) is 0. The predicted octanol–water partition coefficient (Wildman–Crippen LogP) is 2.29. The van der Waals surface area contributed by atoms with E-state index in [0.717, 1.165) is 36.1 Å². The van der Waals surface area contributed by atoms with Gasteiger partial charge in [0.1, 0.15) is 5.75 Å². The Morgan fingerprint density at radius 1 is 1.38 bits per heavy atom. The first-order chi connectivity index (χ1) is 7.77. The Labute approximate surface area is 95.4 Å². The van der Waals surface area contributed by atoms with E-state index in [0.29, 0.717) is 0 Å². The summed E-state index contributed by atoms with van der Waals surface area (Å²) in [6, 6.07) is 5.87. The van der Waals surface area contributed by atoms with E-state index < -0.39 is 0 Å². The summed E-state index contributed by atoms with van der Waals surface area (Å²) in [6.45, 7) is 0. The number of benzene rings is 1. The van der Waals surface area contributed by atoms with Gasteiger partial charge in [0.05, 0.1) is 20.1 Å². The molecule has 0 N–H and O–H groups in total. The average molecular weight is 220 g/mol. The van der Waals surface area contributed by atoms with Crippen LogP contribution in [-0.4, -0.2) is 20.2 Å². The molecule has 0 saturated heterocycles. The monoisotopic (exact) mass is 220 g/mol. The van der Waals surface area contributed by atoms with E-state index in [1.807, 2.05) is 18.2 Å². The lowest BCUT2D eigenvalue weighted by Crippen LogP contribution is -2.20. The molecule has 0 aromatic heterocycles. The van der Waals surface area contributed by atoms with Crippen molar-refractivity contribution in [2.75, 3.05) is 14.2 Å². The van der Waals surface area contributed by atoms with Gasteiger partial charge in [-0.25, -0.2) is 0 Å². The zero-order chi connectivity index (χ0) is 11.5. The topological polar surface area (TPSA) is 35.5 Å². The minimum atomic E-state index is -0.144. The lowest BCUT2D eigenvalue weighted by Gasteiger charge is -2.24.